The average Bonchev–Trinajstić information content (AvgIpc) is 3.31. The number of hydrogen-bond acceptors (Lipinski definition) is 2. The molecule has 110 valence electrons. The molecule has 20 heavy (non-hydrogen) atoms. The van der Waals surface area contributed by atoms with Crippen molar-refractivity contribution in [2.45, 2.75) is 57.9 Å². The van der Waals surface area contributed by atoms with E-state index in [0.717, 1.165) is 23.8 Å². The van der Waals surface area contributed by atoms with E-state index in [9.17, 15) is 0 Å². The molecular formula is C18H28N2. The molecule has 0 bridgehead atoms. The van der Waals surface area contributed by atoms with Crippen molar-refractivity contribution in [2.75, 3.05) is 6.54 Å². The number of nitrogens with one attached hydrogen (secondary N) is 1. The van der Waals surface area contributed by atoms with Crippen LogP contribution in [0.25, 0.3) is 0 Å². The number of hydrogen-bond donors (Lipinski definition) is 1. The lowest BCUT2D eigenvalue weighted by molar-refractivity contribution is 0.171. The highest BCUT2D eigenvalue weighted by molar-refractivity contribution is 5.10. The monoisotopic (exact) mass is 272 g/mol. The van der Waals surface area contributed by atoms with Gasteiger partial charge in [0.15, 0.2) is 0 Å². The van der Waals surface area contributed by atoms with Crippen LogP contribution in [0.15, 0.2) is 24.5 Å². The van der Waals surface area contributed by atoms with Gasteiger partial charge >= 0.3 is 0 Å². The van der Waals surface area contributed by atoms with Crippen molar-refractivity contribution in [3.63, 3.8) is 0 Å². The number of aromatic nitrogens is 1. The fraction of sp³-hybridized carbons (Fsp3) is 0.722. The summed E-state index contributed by atoms with van der Waals surface area (Å²) in [4.78, 5) is 4.28. The topological polar surface area (TPSA) is 24.9 Å². The zero-order valence-corrected chi connectivity index (χ0v) is 12.7. The summed E-state index contributed by atoms with van der Waals surface area (Å²) in [6, 6.07) is 5.17. The lowest BCUT2D eigenvalue weighted by Crippen LogP contribution is -2.35. The number of rotatable bonds is 6. The van der Waals surface area contributed by atoms with Crippen LogP contribution in [0.5, 0.6) is 0 Å². The summed E-state index contributed by atoms with van der Waals surface area (Å²) < 4.78 is 0. The Morgan fingerprint density at radius 3 is 2.80 bits per heavy atom. The maximum atomic E-state index is 4.28. The first-order chi connectivity index (χ1) is 9.85. The van der Waals surface area contributed by atoms with E-state index in [4.69, 9.17) is 0 Å². The number of pyridine rings is 1. The predicted molar refractivity (Wildman–Crippen MR) is 83.6 cm³/mol. The van der Waals surface area contributed by atoms with Crippen LogP contribution >= 0.6 is 0 Å². The summed E-state index contributed by atoms with van der Waals surface area (Å²) in [6.45, 7) is 3.60. The maximum absolute atomic E-state index is 4.28. The van der Waals surface area contributed by atoms with Crippen molar-refractivity contribution in [1.29, 1.82) is 0 Å². The highest BCUT2D eigenvalue weighted by Crippen LogP contribution is 2.37. The van der Waals surface area contributed by atoms with Crippen molar-refractivity contribution in [3.05, 3.63) is 30.1 Å². The van der Waals surface area contributed by atoms with Crippen LogP contribution in [0.2, 0.25) is 0 Å². The summed E-state index contributed by atoms with van der Waals surface area (Å²) in [5.74, 6) is 2.68. The van der Waals surface area contributed by atoms with E-state index in [1.54, 1.807) is 0 Å². The Kier molecular flexibility index (Phi) is 4.72. The van der Waals surface area contributed by atoms with Crippen LogP contribution < -0.4 is 5.32 Å². The molecule has 1 aromatic rings. The molecular weight excluding hydrogens is 244 g/mol. The Hall–Kier alpha value is -0.890. The van der Waals surface area contributed by atoms with Gasteiger partial charge in [0.05, 0.1) is 0 Å². The van der Waals surface area contributed by atoms with Crippen LogP contribution in [0.4, 0.5) is 0 Å². The second kappa shape index (κ2) is 6.71. The lowest BCUT2D eigenvalue weighted by atomic mass is 9.71. The van der Waals surface area contributed by atoms with Gasteiger partial charge in [-0.15, -0.1) is 0 Å². The third-order valence-electron chi connectivity index (χ3n) is 5.29. The SMILES string of the molecule is CCC1CCC(CNC2CC2)C(Cc2cccnc2)C1. The molecule has 0 radical (unpaired) electrons. The Balaban J connectivity index is 1.60. The first-order valence-electron chi connectivity index (χ1n) is 8.47. The normalized spacial score (nSPS) is 30.4. The van der Waals surface area contributed by atoms with Crippen LogP contribution in [0.3, 0.4) is 0 Å². The summed E-state index contributed by atoms with van der Waals surface area (Å²) in [5.41, 5.74) is 1.42. The smallest absolute Gasteiger partial charge is 0.0299 e. The largest absolute Gasteiger partial charge is 0.314 e. The molecule has 3 rings (SSSR count). The first-order valence-corrected chi connectivity index (χ1v) is 8.47. The quantitative estimate of drug-likeness (QED) is 0.851. The van der Waals surface area contributed by atoms with Gasteiger partial charge in [0.1, 0.15) is 0 Å². The Labute approximate surface area is 123 Å². The van der Waals surface area contributed by atoms with Gasteiger partial charge in [-0.1, -0.05) is 25.8 Å². The van der Waals surface area contributed by atoms with Crippen molar-refractivity contribution < 1.29 is 0 Å². The second-order valence-corrected chi connectivity index (χ2v) is 6.86. The fourth-order valence-electron chi connectivity index (χ4n) is 3.74. The van der Waals surface area contributed by atoms with Gasteiger partial charge in [-0.25, -0.2) is 0 Å². The van der Waals surface area contributed by atoms with Crippen molar-refractivity contribution >= 4 is 0 Å². The first kappa shape index (κ1) is 14.1. The molecule has 2 aliphatic carbocycles. The average molecular weight is 272 g/mol. The molecule has 2 aliphatic rings. The van der Waals surface area contributed by atoms with E-state index in [-0.39, 0.29) is 0 Å². The molecule has 0 spiro atoms. The van der Waals surface area contributed by atoms with E-state index < -0.39 is 0 Å². The highest BCUT2D eigenvalue weighted by atomic mass is 14.9. The molecule has 2 saturated carbocycles. The van der Waals surface area contributed by atoms with Gasteiger partial charge in [-0.05, 0) is 68.0 Å². The molecule has 2 fully saturated rings. The van der Waals surface area contributed by atoms with Crippen molar-refractivity contribution in [1.82, 2.24) is 10.3 Å². The summed E-state index contributed by atoms with van der Waals surface area (Å²) in [7, 11) is 0. The van der Waals surface area contributed by atoms with Gasteiger partial charge < -0.3 is 5.32 Å². The molecule has 0 amide bonds. The van der Waals surface area contributed by atoms with Crippen molar-refractivity contribution in [2.24, 2.45) is 17.8 Å². The summed E-state index contributed by atoms with van der Waals surface area (Å²) >= 11 is 0. The third-order valence-corrected chi connectivity index (χ3v) is 5.29. The van der Waals surface area contributed by atoms with E-state index in [1.165, 1.54) is 57.1 Å². The zero-order chi connectivity index (χ0) is 13.8. The molecule has 3 unspecified atom stereocenters. The molecule has 0 aliphatic heterocycles. The Morgan fingerprint density at radius 1 is 1.20 bits per heavy atom. The summed E-state index contributed by atoms with van der Waals surface area (Å²) in [6.07, 6.45) is 13.6. The van der Waals surface area contributed by atoms with Gasteiger partial charge in [0.25, 0.3) is 0 Å². The fourth-order valence-corrected chi connectivity index (χ4v) is 3.74. The Bertz CT molecular complexity index is 399. The van der Waals surface area contributed by atoms with Crippen LogP contribution in [-0.2, 0) is 6.42 Å². The zero-order valence-electron chi connectivity index (χ0n) is 12.7. The van der Waals surface area contributed by atoms with Crippen LogP contribution in [0, 0.1) is 17.8 Å². The highest BCUT2D eigenvalue weighted by Gasteiger charge is 2.31. The molecule has 3 atom stereocenters. The lowest BCUT2D eigenvalue weighted by Gasteiger charge is -2.36. The van der Waals surface area contributed by atoms with Gasteiger partial charge in [-0.2, -0.15) is 0 Å². The van der Waals surface area contributed by atoms with Gasteiger partial charge in [0.2, 0.25) is 0 Å². The second-order valence-electron chi connectivity index (χ2n) is 6.86. The molecule has 1 N–H and O–H groups in total. The van der Waals surface area contributed by atoms with E-state index in [0.29, 0.717) is 0 Å². The predicted octanol–water partition coefficient (Wildman–Crippen LogP) is 3.82. The standard InChI is InChI=1S/C18H28N2/c1-2-14-5-6-16(13-20-18-7-8-18)17(10-14)11-15-4-3-9-19-12-15/h3-4,9,12,14,16-18,20H,2,5-8,10-11,13H2,1H3. The van der Waals surface area contributed by atoms with Crippen LogP contribution in [-0.4, -0.2) is 17.6 Å². The molecule has 2 nitrogen and oxygen atoms in total. The van der Waals surface area contributed by atoms with Crippen LogP contribution in [0.1, 0.15) is 51.0 Å². The minimum atomic E-state index is 0.845. The van der Waals surface area contributed by atoms with Crippen molar-refractivity contribution in [3.8, 4) is 0 Å². The minimum absolute atomic E-state index is 0.845. The molecule has 2 heteroatoms. The van der Waals surface area contributed by atoms with E-state index in [2.05, 4.69) is 35.6 Å². The molecule has 1 heterocycles. The van der Waals surface area contributed by atoms with Gasteiger partial charge in [-0.3, -0.25) is 4.98 Å². The number of nitrogens with zero attached hydrogens (tertiary/aromatic N) is 1. The van der Waals surface area contributed by atoms with E-state index in [1.807, 2.05) is 6.20 Å². The Morgan fingerprint density at radius 2 is 2.10 bits per heavy atom. The maximum Gasteiger partial charge on any atom is 0.0299 e. The minimum Gasteiger partial charge on any atom is -0.314 e. The van der Waals surface area contributed by atoms with E-state index >= 15 is 0 Å². The molecule has 0 aromatic carbocycles. The third kappa shape index (κ3) is 3.82. The molecule has 1 aromatic heterocycles. The molecule has 0 saturated heterocycles. The van der Waals surface area contributed by atoms with Gasteiger partial charge in [0, 0.05) is 18.4 Å². The summed E-state index contributed by atoms with van der Waals surface area (Å²) in [5, 5.41) is 3.76.